The topological polar surface area (TPSA) is 65.1 Å². The Bertz CT molecular complexity index is 337. The maximum Gasteiger partial charge on any atom is 0.0741 e. The van der Waals surface area contributed by atoms with E-state index in [4.69, 9.17) is 10.6 Å². The van der Waals surface area contributed by atoms with Gasteiger partial charge in [0.2, 0.25) is 0 Å². The normalized spacial score (nSPS) is 15.0. The Hall–Kier alpha value is -0.910. The summed E-state index contributed by atoms with van der Waals surface area (Å²) in [6.07, 6.45) is 5.00. The van der Waals surface area contributed by atoms with Crippen molar-refractivity contribution in [2.45, 2.75) is 58.2 Å². The lowest BCUT2D eigenvalue weighted by molar-refractivity contribution is 0.0606. The molecule has 0 radical (unpaired) electrons. The average Bonchev–Trinajstić information content (AvgIpc) is 2.82. The van der Waals surface area contributed by atoms with Crippen LogP contribution >= 0.6 is 0 Å². The molecule has 5 heteroatoms. The van der Waals surface area contributed by atoms with Gasteiger partial charge in [0.15, 0.2) is 0 Å². The molecule has 0 bridgehead atoms. The van der Waals surface area contributed by atoms with Gasteiger partial charge in [-0.3, -0.25) is 16.0 Å². The van der Waals surface area contributed by atoms with Crippen LogP contribution in [-0.4, -0.2) is 29.0 Å². The Morgan fingerprint density at radius 3 is 2.67 bits per heavy atom. The fourth-order valence-electron chi connectivity index (χ4n) is 2.06. The molecule has 104 valence electrons. The highest BCUT2D eigenvalue weighted by Gasteiger charge is 2.20. The molecule has 0 saturated heterocycles. The zero-order chi connectivity index (χ0) is 13.5. The van der Waals surface area contributed by atoms with Crippen molar-refractivity contribution < 1.29 is 4.74 Å². The molecule has 2 atom stereocenters. The summed E-state index contributed by atoms with van der Waals surface area (Å²) in [6, 6.07) is 2.53. The van der Waals surface area contributed by atoms with E-state index >= 15 is 0 Å². The van der Waals surface area contributed by atoms with Gasteiger partial charge < -0.3 is 4.74 Å². The SMILES string of the molecule is CCCC(OC)C(Cc1ccn(C(C)C)n1)NN. The Labute approximate surface area is 110 Å². The van der Waals surface area contributed by atoms with Crippen molar-refractivity contribution in [3.05, 3.63) is 18.0 Å². The zero-order valence-corrected chi connectivity index (χ0v) is 11.9. The predicted octanol–water partition coefficient (Wildman–Crippen LogP) is 1.65. The number of ether oxygens (including phenoxy) is 1. The van der Waals surface area contributed by atoms with E-state index in [2.05, 4.69) is 31.3 Å². The van der Waals surface area contributed by atoms with E-state index in [0.29, 0.717) is 6.04 Å². The standard InChI is InChI=1S/C13H26N4O/c1-5-6-13(18-4)12(15-14)9-11-7-8-17(16-11)10(2)3/h7-8,10,12-13,15H,5-6,9,14H2,1-4H3. The number of rotatable bonds is 8. The number of nitrogens with zero attached hydrogens (tertiary/aromatic N) is 2. The zero-order valence-electron chi connectivity index (χ0n) is 11.9. The van der Waals surface area contributed by atoms with E-state index in [1.807, 2.05) is 16.9 Å². The highest BCUT2D eigenvalue weighted by Crippen LogP contribution is 2.12. The minimum absolute atomic E-state index is 0.102. The van der Waals surface area contributed by atoms with E-state index in [9.17, 15) is 0 Å². The van der Waals surface area contributed by atoms with Gasteiger partial charge >= 0.3 is 0 Å². The van der Waals surface area contributed by atoms with Crippen LogP contribution in [-0.2, 0) is 11.2 Å². The second-order valence-corrected chi connectivity index (χ2v) is 4.92. The Morgan fingerprint density at radius 1 is 1.50 bits per heavy atom. The minimum atomic E-state index is 0.102. The monoisotopic (exact) mass is 254 g/mol. The molecular formula is C13H26N4O. The van der Waals surface area contributed by atoms with Gasteiger partial charge in [-0.1, -0.05) is 13.3 Å². The van der Waals surface area contributed by atoms with Gasteiger partial charge in [-0.2, -0.15) is 5.10 Å². The fourth-order valence-corrected chi connectivity index (χ4v) is 2.06. The van der Waals surface area contributed by atoms with Gasteiger partial charge in [0.25, 0.3) is 0 Å². The first-order valence-corrected chi connectivity index (χ1v) is 6.65. The van der Waals surface area contributed by atoms with Gasteiger partial charge in [-0.05, 0) is 26.3 Å². The molecule has 2 unspecified atom stereocenters. The summed E-state index contributed by atoms with van der Waals surface area (Å²) in [5, 5.41) is 4.54. The summed E-state index contributed by atoms with van der Waals surface area (Å²) in [5.41, 5.74) is 3.90. The maximum atomic E-state index is 5.63. The van der Waals surface area contributed by atoms with Crippen LogP contribution in [0.5, 0.6) is 0 Å². The molecule has 1 heterocycles. The third kappa shape index (κ3) is 4.08. The molecule has 0 aliphatic rings. The third-order valence-corrected chi connectivity index (χ3v) is 3.16. The number of nitrogens with one attached hydrogen (secondary N) is 1. The number of hydrogen-bond donors (Lipinski definition) is 2. The summed E-state index contributed by atoms with van der Waals surface area (Å²) in [4.78, 5) is 0. The molecule has 18 heavy (non-hydrogen) atoms. The molecule has 1 aromatic rings. The van der Waals surface area contributed by atoms with Crippen molar-refractivity contribution >= 4 is 0 Å². The Morgan fingerprint density at radius 2 is 2.22 bits per heavy atom. The van der Waals surface area contributed by atoms with Crippen LogP contribution in [0.4, 0.5) is 0 Å². The average molecular weight is 254 g/mol. The van der Waals surface area contributed by atoms with E-state index < -0.39 is 0 Å². The van der Waals surface area contributed by atoms with Crippen molar-refractivity contribution in [1.82, 2.24) is 15.2 Å². The largest absolute Gasteiger partial charge is 0.380 e. The van der Waals surface area contributed by atoms with Crippen LogP contribution in [0.2, 0.25) is 0 Å². The molecule has 0 aliphatic heterocycles. The Kier molecular flexibility index (Phi) is 6.32. The van der Waals surface area contributed by atoms with Crippen LogP contribution < -0.4 is 11.3 Å². The summed E-state index contributed by atoms with van der Waals surface area (Å²) in [7, 11) is 1.73. The third-order valence-electron chi connectivity index (χ3n) is 3.16. The molecule has 3 N–H and O–H groups in total. The highest BCUT2D eigenvalue weighted by molar-refractivity contribution is 5.03. The smallest absolute Gasteiger partial charge is 0.0741 e. The quantitative estimate of drug-likeness (QED) is 0.547. The van der Waals surface area contributed by atoms with Crippen molar-refractivity contribution in [1.29, 1.82) is 0 Å². The molecule has 1 aromatic heterocycles. The number of aromatic nitrogens is 2. The number of hydrogen-bond acceptors (Lipinski definition) is 4. The van der Waals surface area contributed by atoms with Crippen molar-refractivity contribution in [2.24, 2.45) is 5.84 Å². The van der Waals surface area contributed by atoms with Crippen LogP contribution in [0, 0.1) is 0 Å². The number of nitrogens with two attached hydrogens (primary N) is 1. The van der Waals surface area contributed by atoms with Crippen LogP contribution in [0.15, 0.2) is 12.3 Å². The van der Waals surface area contributed by atoms with Crippen LogP contribution in [0.25, 0.3) is 0 Å². The molecule has 0 aliphatic carbocycles. The second-order valence-electron chi connectivity index (χ2n) is 4.92. The molecule has 5 nitrogen and oxygen atoms in total. The van der Waals surface area contributed by atoms with E-state index in [-0.39, 0.29) is 12.1 Å². The lowest BCUT2D eigenvalue weighted by Crippen LogP contribution is -2.46. The fraction of sp³-hybridized carbons (Fsp3) is 0.769. The molecule has 1 rings (SSSR count). The first kappa shape index (κ1) is 15.1. The minimum Gasteiger partial charge on any atom is -0.380 e. The lowest BCUT2D eigenvalue weighted by atomic mass is 10.0. The molecular weight excluding hydrogens is 228 g/mol. The van der Waals surface area contributed by atoms with Gasteiger partial charge in [0.1, 0.15) is 0 Å². The molecule has 0 saturated carbocycles. The van der Waals surface area contributed by atoms with Gasteiger partial charge in [-0.25, -0.2) is 0 Å². The van der Waals surface area contributed by atoms with E-state index in [1.54, 1.807) is 7.11 Å². The molecule has 0 amide bonds. The van der Waals surface area contributed by atoms with Gasteiger partial charge in [0.05, 0.1) is 17.8 Å². The summed E-state index contributed by atoms with van der Waals surface area (Å²) in [6.45, 7) is 6.38. The lowest BCUT2D eigenvalue weighted by Gasteiger charge is -2.24. The summed E-state index contributed by atoms with van der Waals surface area (Å²) >= 11 is 0. The second kappa shape index (κ2) is 7.51. The summed E-state index contributed by atoms with van der Waals surface area (Å²) in [5.74, 6) is 5.63. The van der Waals surface area contributed by atoms with Gasteiger partial charge in [0, 0.05) is 25.8 Å². The van der Waals surface area contributed by atoms with Crippen LogP contribution in [0.1, 0.15) is 45.3 Å². The first-order chi connectivity index (χ1) is 8.62. The van der Waals surface area contributed by atoms with Crippen molar-refractivity contribution in [2.75, 3.05) is 7.11 Å². The van der Waals surface area contributed by atoms with E-state index in [1.165, 1.54) is 0 Å². The number of hydrazine groups is 1. The van der Waals surface area contributed by atoms with Crippen molar-refractivity contribution in [3.63, 3.8) is 0 Å². The van der Waals surface area contributed by atoms with E-state index in [0.717, 1.165) is 25.0 Å². The molecule has 0 fully saturated rings. The number of methoxy groups -OCH3 is 1. The molecule has 0 aromatic carbocycles. The first-order valence-electron chi connectivity index (χ1n) is 6.65. The maximum absolute atomic E-state index is 5.63. The highest BCUT2D eigenvalue weighted by atomic mass is 16.5. The Balaban J connectivity index is 2.65. The predicted molar refractivity (Wildman–Crippen MR) is 73.1 cm³/mol. The molecule has 0 spiro atoms. The van der Waals surface area contributed by atoms with Crippen molar-refractivity contribution in [3.8, 4) is 0 Å². The van der Waals surface area contributed by atoms with Crippen LogP contribution in [0.3, 0.4) is 0 Å². The van der Waals surface area contributed by atoms with Gasteiger partial charge in [-0.15, -0.1) is 0 Å². The summed E-state index contributed by atoms with van der Waals surface area (Å²) < 4.78 is 7.46.